The monoisotopic (exact) mass is 302 g/mol. The third kappa shape index (κ3) is 4.04. The maximum absolute atomic E-state index is 11.5. The molecule has 1 unspecified atom stereocenters. The molecule has 0 bridgehead atoms. The number of benzene rings is 1. The Balaban J connectivity index is 2.73. The van der Waals surface area contributed by atoms with Crippen LogP contribution < -0.4 is 11.1 Å². The molecule has 1 aromatic carbocycles. The van der Waals surface area contributed by atoms with E-state index in [1.807, 2.05) is 0 Å². The van der Waals surface area contributed by atoms with E-state index in [1.54, 1.807) is 6.07 Å². The van der Waals surface area contributed by atoms with Crippen LogP contribution in [0.4, 0.5) is 5.69 Å². The molecule has 7 heteroatoms. The van der Waals surface area contributed by atoms with E-state index in [9.17, 15) is 14.7 Å². The number of carboxylic acids is 1. The lowest BCUT2D eigenvalue weighted by molar-refractivity contribution is -0.138. The minimum atomic E-state index is -1.16. The molecule has 17 heavy (non-hydrogen) atoms. The molecule has 0 aliphatic heterocycles. The fourth-order valence-corrected chi connectivity index (χ4v) is 1.48. The number of amides is 1. The van der Waals surface area contributed by atoms with E-state index in [-0.39, 0.29) is 11.4 Å². The number of carboxylic acid groups (broad SMARTS) is 1. The summed E-state index contributed by atoms with van der Waals surface area (Å²) in [5.74, 6) is -1.95. The van der Waals surface area contributed by atoms with Gasteiger partial charge in [-0.05, 0) is 18.2 Å². The number of phenols is 1. The van der Waals surface area contributed by atoms with Crippen LogP contribution in [0.2, 0.25) is 0 Å². The number of halogens is 1. The Morgan fingerprint density at radius 1 is 1.47 bits per heavy atom. The Hall–Kier alpha value is -1.60. The summed E-state index contributed by atoms with van der Waals surface area (Å²) in [5, 5.41) is 20.3. The maximum Gasteiger partial charge on any atom is 0.305 e. The van der Waals surface area contributed by atoms with Crippen molar-refractivity contribution in [1.29, 1.82) is 0 Å². The molecule has 0 saturated carbocycles. The predicted octanol–water partition coefficient (Wildman–Crippen LogP) is 0.895. The van der Waals surface area contributed by atoms with Crippen molar-refractivity contribution in [2.45, 2.75) is 12.5 Å². The van der Waals surface area contributed by atoms with Crippen molar-refractivity contribution < 1.29 is 19.8 Å². The fourth-order valence-electron chi connectivity index (χ4n) is 1.11. The number of rotatable bonds is 4. The van der Waals surface area contributed by atoms with E-state index >= 15 is 0 Å². The molecular formula is C10H11BrN2O4. The van der Waals surface area contributed by atoms with Crippen molar-refractivity contribution in [1.82, 2.24) is 0 Å². The number of phenolic OH excluding ortho intramolecular Hbond substituents is 1. The van der Waals surface area contributed by atoms with Crippen molar-refractivity contribution in [3.05, 3.63) is 22.7 Å². The molecule has 0 radical (unpaired) electrons. The Bertz CT molecular complexity index is 450. The van der Waals surface area contributed by atoms with Crippen LogP contribution in [0, 0.1) is 0 Å². The lowest BCUT2D eigenvalue weighted by Crippen LogP contribution is -2.37. The normalized spacial score (nSPS) is 11.9. The van der Waals surface area contributed by atoms with E-state index in [0.29, 0.717) is 4.47 Å². The summed E-state index contributed by atoms with van der Waals surface area (Å²) in [6.45, 7) is 0. The van der Waals surface area contributed by atoms with E-state index in [0.717, 1.165) is 0 Å². The van der Waals surface area contributed by atoms with Gasteiger partial charge in [-0.3, -0.25) is 9.59 Å². The van der Waals surface area contributed by atoms with Crippen LogP contribution in [-0.4, -0.2) is 28.1 Å². The van der Waals surface area contributed by atoms with Gasteiger partial charge in [-0.25, -0.2) is 0 Å². The molecule has 0 aliphatic rings. The van der Waals surface area contributed by atoms with Crippen molar-refractivity contribution in [2.75, 3.05) is 5.32 Å². The van der Waals surface area contributed by atoms with E-state index in [1.165, 1.54) is 12.1 Å². The molecule has 6 nitrogen and oxygen atoms in total. The second kappa shape index (κ2) is 5.65. The number of nitrogens with one attached hydrogen (secondary N) is 1. The quantitative estimate of drug-likeness (QED) is 0.617. The van der Waals surface area contributed by atoms with Gasteiger partial charge in [0.15, 0.2) is 0 Å². The zero-order valence-electron chi connectivity index (χ0n) is 8.68. The summed E-state index contributed by atoms with van der Waals surface area (Å²) in [6.07, 6.45) is -0.472. The standard InChI is InChI=1S/C10H11BrN2O4/c11-5-1-2-8(14)7(3-5)13-10(17)6(12)4-9(15)16/h1-3,6,14H,4,12H2,(H,13,17)(H,15,16). The largest absolute Gasteiger partial charge is 0.506 e. The minimum absolute atomic E-state index is 0.121. The topological polar surface area (TPSA) is 113 Å². The van der Waals surface area contributed by atoms with Gasteiger partial charge in [-0.15, -0.1) is 0 Å². The number of aromatic hydroxyl groups is 1. The Labute approximate surface area is 106 Å². The van der Waals surface area contributed by atoms with Crippen LogP contribution in [0.5, 0.6) is 5.75 Å². The first-order valence-electron chi connectivity index (χ1n) is 4.67. The zero-order chi connectivity index (χ0) is 13.0. The lowest BCUT2D eigenvalue weighted by Gasteiger charge is -2.11. The highest BCUT2D eigenvalue weighted by molar-refractivity contribution is 9.10. The molecule has 0 aromatic heterocycles. The first-order valence-corrected chi connectivity index (χ1v) is 5.46. The van der Waals surface area contributed by atoms with E-state index < -0.39 is 24.3 Å². The highest BCUT2D eigenvalue weighted by atomic mass is 79.9. The third-order valence-electron chi connectivity index (χ3n) is 1.95. The number of anilines is 1. The number of hydrogen-bond acceptors (Lipinski definition) is 4. The van der Waals surface area contributed by atoms with Crippen molar-refractivity contribution in [3.8, 4) is 5.75 Å². The SMILES string of the molecule is NC(CC(=O)O)C(=O)Nc1cc(Br)ccc1O. The highest BCUT2D eigenvalue weighted by Gasteiger charge is 2.18. The predicted molar refractivity (Wildman–Crippen MR) is 64.7 cm³/mol. The molecule has 0 aliphatic carbocycles. The van der Waals surface area contributed by atoms with Gasteiger partial charge in [0.2, 0.25) is 5.91 Å². The second-order valence-corrected chi connectivity index (χ2v) is 4.27. The fraction of sp³-hybridized carbons (Fsp3) is 0.200. The first kappa shape index (κ1) is 13.5. The zero-order valence-corrected chi connectivity index (χ0v) is 10.3. The molecule has 0 fully saturated rings. The molecule has 1 amide bonds. The molecule has 0 spiro atoms. The van der Waals surface area contributed by atoms with Gasteiger partial charge in [0, 0.05) is 4.47 Å². The van der Waals surface area contributed by atoms with Gasteiger partial charge >= 0.3 is 5.97 Å². The van der Waals surface area contributed by atoms with Crippen LogP contribution in [0.15, 0.2) is 22.7 Å². The van der Waals surface area contributed by atoms with Crippen LogP contribution in [0.3, 0.4) is 0 Å². The highest BCUT2D eigenvalue weighted by Crippen LogP contribution is 2.26. The summed E-state index contributed by atoms with van der Waals surface area (Å²) >= 11 is 3.18. The minimum Gasteiger partial charge on any atom is -0.506 e. The van der Waals surface area contributed by atoms with E-state index in [2.05, 4.69) is 21.2 Å². The summed E-state index contributed by atoms with van der Waals surface area (Å²) in [4.78, 5) is 21.9. The number of carbonyl (C=O) groups excluding carboxylic acids is 1. The molecule has 1 rings (SSSR count). The number of hydrogen-bond donors (Lipinski definition) is 4. The summed E-state index contributed by atoms with van der Waals surface area (Å²) in [5.41, 5.74) is 5.54. The number of aliphatic carboxylic acids is 1. The summed E-state index contributed by atoms with van der Waals surface area (Å²) in [6, 6.07) is 3.32. The van der Waals surface area contributed by atoms with Crippen LogP contribution >= 0.6 is 15.9 Å². The molecule has 92 valence electrons. The van der Waals surface area contributed by atoms with Gasteiger partial charge in [0.1, 0.15) is 5.75 Å². The molecular weight excluding hydrogens is 292 g/mol. The van der Waals surface area contributed by atoms with Crippen LogP contribution in [0.1, 0.15) is 6.42 Å². The van der Waals surface area contributed by atoms with Crippen molar-refractivity contribution in [2.24, 2.45) is 5.73 Å². The maximum atomic E-state index is 11.5. The van der Waals surface area contributed by atoms with Gasteiger partial charge in [-0.1, -0.05) is 15.9 Å². The summed E-state index contributed by atoms with van der Waals surface area (Å²) in [7, 11) is 0. The number of carbonyl (C=O) groups is 2. The van der Waals surface area contributed by atoms with Crippen LogP contribution in [0.25, 0.3) is 0 Å². The molecule has 1 atom stereocenters. The second-order valence-electron chi connectivity index (χ2n) is 3.36. The van der Waals surface area contributed by atoms with Gasteiger partial charge in [-0.2, -0.15) is 0 Å². The Kier molecular flexibility index (Phi) is 4.47. The lowest BCUT2D eigenvalue weighted by atomic mass is 10.2. The molecule has 1 aromatic rings. The average Bonchev–Trinajstić information content (AvgIpc) is 2.22. The van der Waals surface area contributed by atoms with Gasteiger partial charge < -0.3 is 21.3 Å². The summed E-state index contributed by atoms with van der Waals surface area (Å²) < 4.78 is 0.664. The van der Waals surface area contributed by atoms with Gasteiger partial charge in [0.25, 0.3) is 0 Å². The first-order chi connectivity index (χ1) is 7.90. The van der Waals surface area contributed by atoms with Crippen molar-refractivity contribution >= 4 is 33.5 Å². The molecule has 0 saturated heterocycles. The Morgan fingerprint density at radius 2 is 2.12 bits per heavy atom. The number of nitrogens with two attached hydrogens (primary N) is 1. The smallest absolute Gasteiger partial charge is 0.305 e. The van der Waals surface area contributed by atoms with Gasteiger partial charge in [0.05, 0.1) is 18.2 Å². The average molecular weight is 303 g/mol. The third-order valence-corrected chi connectivity index (χ3v) is 2.44. The Morgan fingerprint density at radius 3 is 2.71 bits per heavy atom. The van der Waals surface area contributed by atoms with Crippen molar-refractivity contribution in [3.63, 3.8) is 0 Å². The molecule has 0 heterocycles. The van der Waals surface area contributed by atoms with E-state index in [4.69, 9.17) is 10.8 Å². The molecule has 5 N–H and O–H groups in total. The van der Waals surface area contributed by atoms with Crippen LogP contribution in [-0.2, 0) is 9.59 Å².